The largest absolute Gasteiger partial charge is 0.350 e. The van der Waals surface area contributed by atoms with Gasteiger partial charge in [0.25, 0.3) is 5.91 Å². The lowest BCUT2D eigenvalue weighted by Gasteiger charge is -2.21. The fourth-order valence-electron chi connectivity index (χ4n) is 2.72. The van der Waals surface area contributed by atoms with E-state index in [2.05, 4.69) is 10.6 Å². The summed E-state index contributed by atoms with van der Waals surface area (Å²) < 4.78 is 24.7. The van der Waals surface area contributed by atoms with Crippen molar-refractivity contribution in [2.24, 2.45) is 0 Å². The Kier molecular flexibility index (Phi) is 6.08. The predicted octanol–water partition coefficient (Wildman–Crippen LogP) is 1.84. The Labute approximate surface area is 152 Å². The van der Waals surface area contributed by atoms with Crippen LogP contribution in [0.25, 0.3) is 0 Å². The zero-order valence-electron chi connectivity index (χ0n) is 14.4. The predicted molar refractivity (Wildman–Crippen MR) is 97.3 cm³/mol. The summed E-state index contributed by atoms with van der Waals surface area (Å²) in [5, 5.41) is 5.68. The Balaban J connectivity index is 2.19. The average molecular weight is 388 g/mol. The molecule has 0 aliphatic carbocycles. The second-order valence-electron chi connectivity index (χ2n) is 6.34. The van der Waals surface area contributed by atoms with Crippen molar-refractivity contribution in [2.45, 2.75) is 38.8 Å². The number of rotatable bonds is 5. The Bertz CT molecular complexity index is 780. The maximum absolute atomic E-state index is 12.5. The highest BCUT2D eigenvalue weighted by atomic mass is 35.5. The first kappa shape index (κ1) is 19.7. The van der Waals surface area contributed by atoms with Gasteiger partial charge in [-0.3, -0.25) is 9.59 Å². The monoisotopic (exact) mass is 387 g/mol. The standard InChI is InChI=1S/C16H22ClN3O4S/c1-10(2)18-15(21)11-6-7-12(17)13(9-11)19-16(22)14-5-4-8-20(14)25(3,23)24/h6-7,9-10,14H,4-5,8H2,1-3H3,(H,18,21)(H,19,22). The first-order valence-corrected chi connectivity index (χ1v) is 10.2. The minimum Gasteiger partial charge on any atom is -0.350 e. The molecule has 1 aromatic carbocycles. The molecule has 1 aliphatic rings. The number of carbonyl (C=O) groups excluding carboxylic acids is 2. The van der Waals surface area contributed by atoms with Crippen LogP contribution < -0.4 is 10.6 Å². The molecule has 0 radical (unpaired) electrons. The highest BCUT2D eigenvalue weighted by Gasteiger charge is 2.36. The van der Waals surface area contributed by atoms with Gasteiger partial charge in [-0.05, 0) is 44.9 Å². The van der Waals surface area contributed by atoms with E-state index in [1.54, 1.807) is 6.07 Å². The smallest absolute Gasteiger partial charge is 0.251 e. The van der Waals surface area contributed by atoms with Gasteiger partial charge in [0.15, 0.2) is 0 Å². The van der Waals surface area contributed by atoms with Crippen LogP contribution in [0.5, 0.6) is 0 Å². The summed E-state index contributed by atoms with van der Waals surface area (Å²) in [6.45, 7) is 4.01. The lowest BCUT2D eigenvalue weighted by atomic mass is 10.1. The molecule has 1 heterocycles. The van der Waals surface area contributed by atoms with Gasteiger partial charge in [-0.2, -0.15) is 4.31 Å². The molecule has 0 saturated carbocycles. The summed E-state index contributed by atoms with van der Waals surface area (Å²) in [5.41, 5.74) is 0.642. The summed E-state index contributed by atoms with van der Waals surface area (Å²) in [5.74, 6) is -0.730. The van der Waals surface area contributed by atoms with E-state index in [0.29, 0.717) is 24.9 Å². The second-order valence-corrected chi connectivity index (χ2v) is 8.69. The van der Waals surface area contributed by atoms with Crippen molar-refractivity contribution in [3.63, 3.8) is 0 Å². The fourth-order valence-corrected chi connectivity index (χ4v) is 4.01. The Morgan fingerprint density at radius 2 is 2.00 bits per heavy atom. The number of hydrogen-bond donors (Lipinski definition) is 2. The molecule has 0 aromatic heterocycles. The average Bonchev–Trinajstić information content (AvgIpc) is 2.98. The highest BCUT2D eigenvalue weighted by molar-refractivity contribution is 7.88. The van der Waals surface area contributed by atoms with E-state index in [1.165, 1.54) is 16.4 Å². The van der Waals surface area contributed by atoms with E-state index in [0.717, 1.165) is 6.26 Å². The molecule has 2 amide bonds. The molecule has 25 heavy (non-hydrogen) atoms. The van der Waals surface area contributed by atoms with Gasteiger partial charge in [0.05, 0.1) is 17.0 Å². The van der Waals surface area contributed by atoms with Gasteiger partial charge >= 0.3 is 0 Å². The molecule has 2 N–H and O–H groups in total. The van der Waals surface area contributed by atoms with Crippen LogP contribution in [0.3, 0.4) is 0 Å². The number of hydrogen-bond acceptors (Lipinski definition) is 4. The molecule has 2 rings (SSSR count). The van der Waals surface area contributed by atoms with E-state index < -0.39 is 22.0 Å². The molecular formula is C16H22ClN3O4S. The Morgan fingerprint density at radius 3 is 2.60 bits per heavy atom. The van der Waals surface area contributed by atoms with Crippen molar-refractivity contribution in [1.29, 1.82) is 0 Å². The van der Waals surface area contributed by atoms with Crippen LogP contribution in [0.2, 0.25) is 5.02 Å². The molecule has 1 aromatic rings. The topological polar surface area (TPSA) is 95.6 Å². The van der Waals surface area contributed by atoms with Gasteiger partial charge < -0.3 is 10.6 Å². The molecule has 1 saturated heterocycles. The number of amides is 2. The molecule has 138 valence electrons. The van der Waals surface area contributed by atoms with Crippen molar-refractivity contribution >= 4 is 39.1 Å². The molecule has 1 fully saturated rings. The van der Waals surface area contributed by atoms with Crippen molar-refractivity contribution in [1.82, 2.24) is 9.62 Å². The molecule has 1 atom stereocenters. The highest BCUT2D eigenvalue weighted by Crippen LogP contribution is 2.26. The first-order chi connectivity index (χ1) is 11.6. The summed E-state index contributed by atoms with van der Waals surface area (Å²) >= 11 is 6.11. The summed E-state index contributed by atoms with van der Waals surface area (Å²) in [7, 11) is -3.46. The number of nitrogens with zero attached hydrogens (tertiary/aromatic N) is 1. The molecule has 1 unspecified atom stereocenters. The van der Waals surface area contributed by atoms with E-state index in [-0.39, 0.29) is 22.7 Å². The number of benzene rings is 1. The fraction of sp³-hybridized carbons (Fsp3) is 0.500. The molecule has 7 nitrogen and oxygen atoms in total. The number of carbonyl (C=O) groups is 2. The summed E-state index contributed by atoms with van der Waals surface area (Å²) in [6.07, 6.45) is 2.15. The maximum Gasteiger partial charge on any atom is 0.251 e. The number of halogens is 1. The Morgan fingerprint density at radius 1 is 1.32 bits per heavy atom. The Hall–Kier alpha value is -1.64. The molecule has 1 aliphatic heterocycles. The molecule has 0 bridgehead atoms. The van der Waals surface area contributed by atoms with Crippen molar-refractivity contribution < 1.29 is 18.0 Å². The van der Waals surface area contributed by atoms with E-state index in [1.807, 2.05) is 13.8 Å². The van der Waals surface area contributed by atoms with E-state index in [4.69, 9.17) is 11.6 Å². The van der Waals surface area contributed by atoms with E-state index in [9.17, 15) is 18.0 Å². The summed E-state index contributed by atoms with van der Waals surface area (Å²) in [6, 6.07) is 3.78. The minimum absolute atomic E-state index is 0.0250. The zero-order chi connectivity index (χ0) is 18.8. The number of sulfonamides is 1. The van der Waals surface area contributed by atoms with Crippen molar-refractivity contribution in [2.75, 3.05) is 18.1 Å². The number of anilines is 1. The van der Waals surface area contributed by atoms with Gasteiger partial charge in [0.1, 0.15) is 6.04 Å². The van der Waals surface area contributed by atoms with Gasteiger partial charge in [0, 0.05) is 18.2 Å². The van der Waals surface area contributed by atoms with Crippen LogP contribution >= 0.6 is 11.6 Å². The third kappa shape index (κ3) is 4.93. The van der Waals surface area contributed by atoms with Crippen LogP contribution in [0.1, 0.15) is 37.0 Å². The zero-order valence-corrected chi connectivity index (χ0v) is 15.9. The van der Waals surface area contributed by atoms with Gasteiger partial charge in [-0.15, -0.1) is 0 Å². The van der Waals surface area contributed by atoms with Crippen LogP contribution in [-0.4, -0.2) is 49.4 Å². The van der Waals surface area contributed by atoms with Gasteiger partial charge in [-0.25, -0.2) is 8.42 Å². The van der Waals surface area contributed by atoms with Gasteiger partial charge in [0.2, 0.25) is 15.9 Å². The van der Waals surface area contributed by atoms with Crippen LogP contribution in [-0.2, 0) is 14.8 Å². The van der Waals surface area contributed by atoms with Gasteiger partial charge in [-0.1, -0.05) is 11.6 Å². The normalized spacial score (nSPS) is 18.4. The summed E-state index contributed by atoms with van der Waals surface area (Å²) in [4.78, 5) is 24.6. The lowest BCUT2D eigenvalue weighted by molar-refractivity contribution is -0.119. The van der Waals surface area contributed by atoms with E-state index >= 15 is 0 Å². The quantitative estimate of drug-likeness (QED) is 0.805. The minimum atomic E-state index is -3.46. The first-order valence-electron chi connectivity index (χ1n) is 7.97. The van der Waals surface area contributed by atoms with Crippen molar-refractivity contribution in [3.05, 3.63) is 28.8 Å². The SMILES string of the molecule is CC(C)NC(=O)c1ccc(Cl)c(NC(=O)C2CCCN2S(C)(=O)=O)c1. The number of nitrogens with one attached hydrogen (secondary N) is 2. The second kappa shape index (κ2) is 7.72. The third-order valence-corrected chi connectivity index (χ3v) is 5.46. The molecule has 9 heteroatoms. The molecular weight excluding hydrogens is 366 g/mol. The van der Waals surface area contributed by atoms with Crippen molar-refractivity contribution in [3.8, 4) is 0 Å². The maximum atomic E-state index is 12.5. The third-order valence-electron chi connectivity index (χ3n) is 3.84. The lowest BCUT2D eigenvalue weighted by Crippen LogP contribution is -2.42. The van der Waals surface area contributed by atoms with Crippen LogP contribution in [0.15, 0.2) is 18.2 Å². The van der Waals surface area contributed by atoms with Crippen LogP contribution in [0, 0.1) is 0 Å². The van der Waals surface area contributed by atoms with Crippen LogP contribution in [0.4, 0.5) is 5.69 Å². The molecule has 0 spiro atoms.